The molecule has 0 radical (unpaired) electrons. The van der Waals surface area contributed by atoms with Gasteiger partial charge in [0.25, 0.3) is 5.91 Å². The van der Waals surface area contributed by atoms with E-state index in [1.54, 1.807) is 6.07 Å². The van der Waals surface area contributed by atoms with E-state index in [4.69, 9.17) is 11.6 Å². The van der Waals surface area contributed by atoms with E-state index in [1.165, 1.54) is 0 Å². The Balaban J connectivity index is 2.01. The maximum Gasteiger partial charge on any atom is 0.257 e. The fourth-order valence-electron chi connectivity index (χ4n) is 2.46. The first-order valence-electron chi connectivity index (χ1n) is 6.68. The largest absolute Gasteiger partial charge is 0.350 e. The van der Waals surface area contributed by atoms with E-state index >= 15 is 0 Å². The average Bonchev–Trinajstić information content (AvgIpc) is 2.84. The van der Waals surface area contributed by atoms with Crippen LogP contribution in [-0.4, -0.2) is 10.5 Å². The fraction of sp³-hybridized carbons (Fsp3) is 0.118. The van der Waals surface area contributed by atoms with Crippen LogP contribution in [0.3, 0.4) is 0 Å². The number of nitrogens with one attached hydrogen (secondary N) is 1. The van der Waals surface area contributed by atoms with Gasteiger partial charge in [-0.1, -0.05) is 29.8 Å². The van der Waals surface area contributed by atoms with Crippen molar-refractivity contribution in [1.29, 1.82) is 0 Å². The topological polar surface area (TPSA) is 34.0 Å². The number of benzene rings is 2. The smallest absolute Gasteiger partial charge is 0.257 e. The van der Waals surface area contributed by atoms with Gasteiger partial charge in [0.15, 0.2) is 0 Å². The van der Waals surface area contributed by atoms with Crippen molar-refractivity contribution in [3.05, 3.63) is 64.8 Å². The van der Waals surface area contributed by atoms with Crippen molar-refractivity contribution in [3.63, 3.8) is 0 Å². The number of hydrogen-bond acceptors (Lipinski definition) is 1. The molecule has 3 rings (SSSR count). The minimum absolute atomic E-state index is 0.132. The summed E-state index contributed by atoms with van der Waals surface area (Å²) in [6, 6.07) is 13.2. The van der Waals surface area contributed by atoms with Crippen LogP contribution in [0.2, 0.25) is 5.02 Å². The van der Waals surface area contributed by atoms with E-state index in [9.17, 15) is 4.79 Å². The molecule has 1 heterocycles. The fourth-order valence-corrected chi connectivity index (χ4v) is 2.63. The number of rotatable bonds is 2. The number of amides is 1. The van der Waals surface area contributed by atoms with Gasteiger partial charge in [-0.15, -0.1) is 0 Å². The monoisotopic (exact) mass is 298 g/mol. The van der Waals surface area contributed by atoms with E-state index in [-0.39, 0.29) is 5.91 Å². The average molecular weight is 299 g/mol. The highest BCUT2D eigenvalue weighted by molar-refractivity contribution is 6.31. The highest BCUT2D eigenvalue weighted by atomic mass is 35.5. The van der Waals surface area contributed by atoms with E-state index in [0.717, 1.165) is 22.2 Å². The second-order valence-electron chi connectivity index (χ2n) is 5.08. The Morgan fingerprint density at radius 1 is 1.19 bits per heavy atom. The van der Waals surface area contributed by atoms with E-state index in [1.807, 2.05) is 61.1 Å². The molecule has 1 N–H and O–H groups in total. The van der Waals surface area contributed by atoms with Gasteiger partial charge in [0.1, 0.15) is 0 Å². The predicted molar refractivity (Wildman–Crippen MR) is 87.1 cm³/mol. The molecule has 0 bridgehead atoms. The van der Waals surface area contributed by atoms with Crippen LogP contribution in [-0.2, 0) is 7.05 Å². The number of carbonyl (C=O) groups excluding carboxylic acids is 1. The lowest BCUT2D eigenvalue weighted by Crippen LogP contribution is -2.14. The molecule has 0 atom stereocenters. The SMILES string of the molecule is Cc1ccc(Cl)cc1NC(=O)c1cccc2ccn(C)c12. The van der Waals surface area contributed by atoms with Crippen molar-refractivity contribution >= 4 is 34.1 Å². The Kier molecular flexibility index (Phi) is 3.43. The Morgan fingerprint density at radius 3 is 2.81 bits per heavy atom. The molecule has 0 fully saturated rings. The zero-order chi connectivity index (χ0) is 15.0. The number of aromatic nitrogens is 1. The van der Waals surface area contributed by atoms with Gasteiger partial charge in [0.05, 0.1) is 11.1 Å². The number of fused-ring (bicyclic) bond motifs is 1. The third kappa shape index (κ3) is 2.52. The number of anilines is 1. The van der Waals surface area contributed by atoms with E-state index < -0.39 is 0 Å². The molecule has 106 valence electrons. The molecule has 1 aromatic heterocycles. The summed E-state index contributed by atoms with van der Waals surface area (Å²) in [4.78, 5) is 12.6. The molecule has 0 aliphatic carbocycles. The molecule has 2 aromatic carbocycles. The first-order valence-corrected chi connectivity index (χ1v) is 7.05. The second kappa shape index (κ2) is 5.26. The molecule has 0 saturated carbocycles. The number of carbonyl (C=O) groups is 1. The summed E-state index contributed by atoms with van der Waals surface area (Å²) in [5.41, 5.74) is 3.29. The van der Waals surface area contributed by atoms with Crippen LogP contribution in [0.4, 0.5) is 5.69 Å². The van der Waals surface area contributed by atoms with Crippen LogP contribution in [0, 0.1) is 6.92 Å². The van der Waals surface area contributed by atoms with Gasteiger partial charge < -0.3 is 9.88 Å². The summed E-state index contributed by atoms with van der Waals surface area (Å²) in [5, 5.41) is 4.59. The van der Waals surface area contributed by atoms with Crippen LogP contribution in [0.1, 0.15) is 15.9 Å². The third-order valence-electron chi connectivity index (χ3n) is 3.59. The number of nitrogens with zero attached hydrogens (tertiary/aromatic N) is 1. The number of hydrogen-bond donors (Lipinski definition) is 1. The van der Waals surface area contributed by atoms with Crippen LogP contribution in [0.15, 0.2) is 48.7 Å². The summed E-state index contributed by atoms with van der Waals surface area (Å²) >= 11 is 5.99. The molecule has 0 saturated heterocycles. The first kappa shape index (κ1) is 13.7. The Hall–Kier alpha value is -2.26. The zero-order valence-electron chi connectivity index (χ0n) is 11.9. The number of aryl methyl sites for hydroxylation is 2. The quantitative estimate of drug-likeness (QED) is 0.748. The van der Waals surface area contributed by atoms with Crippen molar-refractivity contribution in [2.45, 2.75) is 6.92 Å². The predicted octanol–water partition coefficient (Wildman–Crippen LogP) is 4.39. The lowest BCUT2D eigenvalue weighted by molar-refractivity contribution is 0.102. The highest BCUT2D eigenvalue weighted by Crippen LogP contribution is 2.23. The van der Waals surface area contributed by atoms with Crippen LogP contribution in [0.5, 0.6) is 0 Å². The van der Waals surface area contributed by atoms with Crippen molar-refractivity contribution in [1.82, 2.24) is 4.57 Å². The Labute approximate surface area is 128 Å². The lowest BCUT2D eigenvalue weighted by atomic mass is 10.1. The van der Waals surface area contributed by atoms with Gasteiger partial charge in [-0.3, -0.25) is 4.79 Å². The third-order valence-corrected chi connectivity index (χ3v) is 3.83. The minimum atomic E-state index is -0.132. The second-order valence-corrected chi connectivity index (χ2v) is 5.52. The Bertz CT molecular complexity index is 836. The van der Waals surface area contributed by atoms with Gasteiger partial charge >= 0.3 is 0 Å². The van der Waals surface area contributed by atoms with Gasteiger partial charge in [-0.2, -0.15) is 0 Å². The van der Waals surface area contributed by atoms with Gasteiger partial charge in [-0.25, -0.2) is 0 Å². The van der Waals surface area contributed by atoms with Gasteiger partial charge in [0.2, 0.25) is 0 Å². The molecule has 0 unspecified atom stereocenters. The van der Waals surface area contributed by atoms with Crippen molar-refractivity contribution < 1.29 is 4.79 Å². The maximum absolute atomic E-state index is 12.6. The van der Waals surface area contributed by atoms with Crippen LogP contribution in [0.25, 0.3) is 10.9 Å². The summed E-state index contributed by atoms with van der Waals surface area (Å²) in [6.07, 6.45) is 1.95. The summed E-state index contributed by atoms with van der Waals surface area (Å²) in [7, 11) is 1.93. The molecule has 0 spiro atoms. The molecule has 0 aliphatic heterocycles. The van der Waals surface area contributed by atoms with Crippen LogP contribution >= 0.6 is 11.6 Å². The summed E-state index contributed by atoms with van der Waals surface area (Å²) in [5.74, 6) is -0.132. The lowest BCUT2D eigenvalue weighted by Gasteiger charge is -2.10. The highest BCUT2D eigenvalue weighted by Gasteiger charge is 2.13. The maximum atomic E-state index is 12.6. The molecule has 0 aliphatic rings. The van der Waals surface area contributed by atoms with Crippen molar-refractivity contribution in [2.75, 3.05) is 5.32 Å². The molecule has 21 heavy (non-hydrogen) atoms. The summed E-state index contributed by atoms with van der Waals surface area (Å²) < 4.78 is 1.95. The standard InChI is InChI=1S/C17H15ClN2O/c1-11-6-7-13(18)10-15(11)19-17(21)14-5-3-4-12-8-9-20(2)16(12)14/h3-10H,1-2H3,(H,19,21). The molecule has 3 aromatic rings. The van der Waals surface area contributed by atoms with Gasteiger partial charge in [0, 0.05) is 29.3 Å². The number of halogens is 1. The Morgan fingerprint density at radius 2 is 2.00 bits per heavy atom. The minimum Gasteiger partial charge on any atom is -0.350 e. The normalized spacial score (nSPS) is 10.8. The molecular weight excluding hydrogens is 284 g/mol. The summed E-state index contributed by atoms with van der Waals surface area (Å²) in [6.45, 7) is 1.94. The van der Waals surface area contributed by atoms with Crippen LogP contribution < -0.4 is 5.32 Å². The molecular formula is C17H15ClN2O. The number of para-hydroxylation sites is 1. The first-order chi connectivity index (χ1) is 10.1. The molecule has 4 heteroatoms. The molecule has 1 amide bonds. The van der Waals surface area contributed by atoms with Gasteiger partial charge in [-0.05, 0) is 36.8 Å². The zero-order valence-corrected chi connectivity index (χ0v) is 12.6. The van der Waals surface area contributed by atoms with Crippen molar-refractivity contribution in [3.8, 4) is 0 Å². The van der Waals surface area contributed by atoms with E-state index in [2.05, 4.69) is 5.32 Å². The van der Waals surface area contributed by atoms with E-state index in [0.29, 0.717) is 10.6 Å². The molecule has 3 nitrogen and oxygen atoms in total. The van der Waals surface area contributed by atoms with Crippen molar-refractivity contribution in [2.24, 2.45) is 7.05 Å².